The van der Waals surface area contributed by atoms with E-state index in [-0.39, 0.29) is 23.4 Å². The Labute approximate surface area is 146 Å². The standard InChI is InChI=1S/C16H10Cl2N2O4/c17-10-2-1-9(14(18)7-10)5-6-19-15(21)12-4-3-11(20(23)24)8-13(12)16(19)22/h1-4,7-8H,5-6H2. The van der Waals surface area contributed by atoms with E-state index in [0.29, 0.717) is 16.5 Å². The maximum absolute atomic E-state index is 12.4. The van der Waals surface area contributed by atoms with E-state index in [1.54, 1.807) is 18.2 Å². The van der Waals surface area contributed by atoms with Crippen molar-refractivity contribution in [3.8, 4) is 0 Å². The number of carbonyl (C=O) groups is 2. The van der Waals surface area contributed by atoms with E-state index in [9.17, 15) is 19.7 Å². The highest BCUT2D eigenvalue weighted by Crippen LogP contribution is 2.28. The Morgan fingerprint density at radius 3 is 2.38 bits per heavy atom. The number of imide groups is 1. The van der Waals surface area contributed by atoms with E-state index in [4.69, 9.17) is 23.2 Å². The molecular weight excluding hydrogens is 355 g/mol. The Balaban J connectivity index is 1.82. The van der Waals surface area contributed by atoms with Crippen LogP contribution in [0, 0.1) is 10.1 Å². The van der Waals surface area contributed by atoms with Crippen LogP contribution in [0.25, 0.3) is 0 Å². The third-order valence-corrected chi connectivity index (χ3v) is 4.37. The number of amides is 2. The molecule has 0 N–H and O–H groups in total. The summed E-state index contributed by atoms with van der Waals surface area (Å²) in [6.07, 6.45) is 0.365. The van der Waals surface area contributed by atoms with Gasteiger partial charge in [-0.2, -0.15) is 0 Å². The van der Waals surface area contributed by atoms with Crippen LogP contribution in [0.3, 0.4) is 0 Å². The van der Waals surface area contributed by atoms with Gasteiger partial charge < -0.3 is 0 Å². The topological polar surface area (TPSA) is 80.5 Å². The van der Waals surface area contributed by atoms with Crippen molar-refractivity contribution in [2.45, 2.75) is 6.42 Å². The Morgan fingerprint density at radius 2 is 1.71 bits per heavy atom. The first kappa shape index (κ1) is 16.4. The number of fused-ring (bicyclic) bond motifs is 1. The predicted molar refractivity (Wildman–Crippen MR) is 88.6 cm³/mol. The Morgan fingerprint density at radius 1 is 1.00 bits per heavy atom. The van der Waals surface area contributed by atoms with Crippen LogP contribution in [0.1, 0.15) is 26.3 Å². The molecule has 24 heavy (non-hydrogen) atoms. The lowest BCUT2D eigenvalue weighted by molar-refractivity contribution is -0.384. The summed E-state index contributed by atoms with van der Waals surface area (Å²) in [5.74, 6) is -1.00. The lowest BCUT2D eigenvalue weighted by Crippen LogP contribution is -2.31. The maximum Gasteiger partial charge on any atom is 0.270 e. The highest BCUT2D eigenvalue weighted by Gasteiger charge is 2.36. The SMILES string of the molecule is O=C1c2ccc([N+](=O)[O-])cc2C(=O)N1CCc1ccc(Cl)cc1Cl. The van der Waals surface area contributed by atoms with Gasteiger partial charge in [-0.3, -0.25) is 24.6 Å². The molecule has 2 amide bonds. The summed E-state index contributed by atoms with van der Waals surface area (Å²) in [5, 5.41) is 11.8. The van der Waals surface area contributed by atoms with Gasteiger partial charge >= 0.3 is 0 Å². The van der Waals surface area contributed by atoms with E-state index in [2.05, 4.69) is 0 Å². The van der Waals surface area contributed by atoms with Gasteiger partial charge in [0.15, 0.2) is 0 Å². The van der Waals surface area contributed by atoms with Gasteiger partial charge in [0, 0.05) is 28.7 Å². The average Bonchev–Trinajstić information content (AvgIpc) is 2.78. The van der Waals surface area contributed by atoms with Crippen molar-refractivity contribution in [1.82, 2.24) is 4.90 Å². The molecule has 0 aliphatic carbocycles. The molecule has 122 valence electrons. The lowest BCUT2D eigenvalue weighted by Gasteiger charge is -2.14. The molecule has 3 rings (SSSR count). The molecule has 1 heterocycles. The number of nitro groups is 1. The van der Waals surface area contributed by atoms with Gasteiger partial charge in [-0.05, 0) is 30.2 Å². The number of halogens is 2. The van der Waals surface area contributed by atoms with Crippen LogP contribution < -0.4 is 0 Å². The maximum atomic E-state index is 12.4. The van der Waals surface area contributed by atoms with Crippen LogP contribution in [0.2, 0.25) is 10.0 Å². The van der Waals surface area contributed by atoms with E-state index < -0.39 is 16.7 Å². The molecule has 2 aromatic rings. The Bertz CT molecular complexity index is 882. The number of rotatable bonds is 4. The third kappa shape index (κ3) is 2.86. The second-order valence-electron chi connectivity index (χ2n) is 5.23. The van der Waals surface area contributed by atoms with E-state index >= 15 is 0 Å². The zero-order valence-electron chi connectivity index (χ0n) is 12.2. The zero-order valence-corrected chi connectivity index (χ0v) is 13.7. The molecule has 0 fully saturated rings. The minimum absolute atomic E-state index is 0.0522. The molecule has 1 aliphatic rings. The molecule has 0 radical (unpaired) electrons. The van der Waals surface area contributed by atoms with E-state index in [1.807, 2.05) is 0 Å². The largest absolute Gasteiger partial charge is 0.274 e. The normalized spacial score (nSPS) is 13.3. The highest BCUT2D eigenvalue weighted by atomic mass is 35.5. The summed E-state index contributed by atoms with van der Waals surface area (Å²) in [6.45, 7) is 0.126. The number of nitrogens with zero attached hydrogens (tertiary/aromatic N) is 2. The zero-order chi connectivity index (χ0) is 17.4. The van der Waals surface area contributed by atoms with E-state index in [1.165, 1.54) is 12.1 Å². The quantitative estimate of drug-likeness (QED) is 0.470. The van der Waals surface area contributed by atoms with Crippen LogP contribution in [-0.4, -0.2) is 28.2 Å². The molecule has 0 saturated carbocycles. The average molecular weight is 365 g/mol. The molecule has 0 spiro atoms. The summed E-state index contributed by atoms with van der Waals surface area (Å²) in [4.78, 5) is 36.0. The van der Waals surface area contributed by atoms with Crippen molar-refractivity contribution in [2.75, 3.05) is 6.54 Å². The number of benzene rings is 2. The van der Waals surface area contributed by atoms with Crippen molar-refractivity contribution in [2.24, 2.45) is 0 Å². The molecule has 1 aliphatic heterocycles. The van der Waals surface area contributed by atoms with Gasteiger partial charge in [-0.15, -0.1) is 0 Å². The molecule has 0 unspecified atom stereocenters. The van der Waals surface area contributed by atoms with Crippen LogP contribution in [0.5, 0.6) is 0 Å². The van der Waals surface area contributed by atoms with Gasteiger partial charge in [-0.25, -0.2) is 0 Å². The predicted octanol–water partition coefficient (Wildman–Crippen LogP) is 3.74. The minimum atomic E-state index is -0.603. The van der Waals surface area contributed by atoms with Gasteiger partial charge in [0.2, 0.25) is 0 Å². The first-order valence-corrected chi connectivity index (χ1v) is 7.72. The second kappa shape index (κ2) is 6.22. The van der Waals surface area contributed by atoms with Crippen molar-refractivity contribution < 1.29 is 14.5 Å². The molecular formula is C16H10Cl2N2O4. The molecule has 0 atom stereocenters. The first-order chi connectivity index (χ1) is 11.4. The number of hydrogen-bond donors (Lipinski definition) is 0. The molecule has 0 bridgehead atoms. The lowest BCUT2D eigenvalue weighted by atomic mass is 10.1. The number of non-ortho nitro benzene ring substituents is 1. The second-order valence-corrected chi connectivity index (χ2v) is 6.08. The first-order valence-electron chi connectivity index (χ1n) is 6.97. The Hall–Kier alpha value is -2.44. The summed E-state index contributed by atoms with van der Waals surface area (Å²) >= 11 is 11.9. The van der Waals surface area contributed by atoms with Crippen LogP contribution in [0.4, 0.5) is 5.69 Å². The van der Waals surface area contributed by atoms with Crippen LogP contribution >= 0.6 is 23.2 Å². The van der Waals surface area contributed by atoms with Gasteiger partial charge in [-0.1, -0.05) is 29.3 Å². The molecule has 2 aromatic carbocycles. The minimum Gasteiger partial charge on any atom is -0.274 e. The summed E-state index contributed by atoms with van der Waals surface area (Å²) in [6, 6.07) is 8.64. The summed E-state index contributed by atoms with van der Waals surface area (Å²) in [5.41, 5.74) is 0.755. The number of hydrogen-bond acceptors (Lipinski definition) is 4. The Kier molecular flexibility index (Phi) is 4.26. The van der Waals surface area contributed by atoms with Gasteiger partial charge in [0.25, 0.3) is 17.5 Å². The molecule has 0 saturated heterocycles. The summed E-state index contributed by atoms with van der Waals surface area (Å²) < 4.78 is 0. The summed E-state index contributed by atoms with van der Waals surface area (Å²) in [7, 11) is 0. The van der Waals surface area contributed by atoms with Crippen molar-refractivity contribution in [1.29, 1.82) is 0 Å². The van der Waals surface area contributed by atoms with Gasteiger partial charge in [0.05, 0.1) is 16.1 Å². The van der Waals surface area contributed by atoms with E-state index in [0.717, 1.165) is 16.5 Å². The van der Waals surface area contributed by atoms with Crippen molar-refractivity contribution >= 4 is 40.7 Å². The molecule has 0 aromatic heterocycles. The van der Waals surface area contributed by atoms with Crippen LogP contribution in [0.15, 0.2) is 36.4 Å². The fourth-order valence-electron chi connectivity index (χ4n) is 2.55. The number of carbonyl (C=O) groups excluding carboxylic acids is 2. The van der Waals surface area contributed by atoms with Crippen LogP contribution in [-0.2, 0) is 6.42 Å². The van der Waals surface area contributed by atoms with Crippen molar-refractivity contribution in [3.05, 3.63) is 73.2 Å². The molecule has 8 heteroatoms. The monoisotopic (exact) mass is 364 g/mol. The fraction of sp³-hybridized carbons (Fsp3) is 0.125. The van der Waals surface area contributed by atoms with Crippen molar-refractivity contribution in [3.63, 3.8) is 0 Å². The number of nitro benzene ring substituents is 1. The third-order valence-electron chi connectivity index (χ3n) is 3.78. The smallest absolute Gasteiger partial charge is 0.270 e. The fourth-order valence-corrected chi connectivity index (χ4v) is 3.06. The molecule has 6 nitrogen and oxygen atoms in total. The van der Waals surface area contributed by atoms with Gasteiger partial charge in [0.1, 0.15) is 0 Å². The highest BCUT2D eigenvalue weighted by molar-refractivity contribution is 6.35.